The summed E-state index contributed by atoms with van der Waals surface area (Å²) in [5.41, 5.74) is 0.166. The molecule has 7 heteroatoms. The third kappa shape index (κ3) is 3.13. The minimum absolute atomic E-state index is 0.166. The third-order valence-corrected chi connectivity index (χ3v) is 1.87. The van der Waals surface area contributed by atoms with Gasteiger partial charge in [-0.2, -0.15) is 9.37 Å². The highest BCUT2D eigenvalue weighted by atomic mass is 79.9. The van der Waals surface area contributed by atoms with Gasteiger partial charge in [0.15, 0.2) is 0 Å². The van der Waals surface area contributed by atoms with Gasteiger partial charge in [0.05, 0.1) is 0 Å². The largest absolute Gasteiger partial charge is 0.574 e. The van der Waals surface area contributed by atoms with E-state index >= 15 is 0 Å². The minimum atomic E-state index is -4.85. The molecule has 78 valence electrons. The van der Waals surface area contributed by atoms with E-state index in [0.717, 1.165) is 12.1 Å². The molecule has 14 heavy (non-hydrogen) atoms. The number of hydrogen-bond acceptors (Lipinski definition) is 2. The SMILES string of the molecule is Fc1nc(OC(F)(F)F)ccc1CBr. The summed E-state index contributed by atoms with van der Waals surface area (Å²) in [4.78, 5) is 2.99. The predicted octanol–water partition coefficient (Wildman–Crippen LogP) is 3.01. The second-order valence-corrected chi connectivity index (χ2v) is 2.84. The van der Waals surface area contributed by atoms with Crippen LogP contribution in [0.3, 0.4) is 0 Å². The fraction of sp³-hybridized carbons (Fsp3) is 0.286. The molecule has 1 heterocycles. The van der Waals surface area contributed by atoms with Gasteiger partial charge in [0.2, 0.25) is 11.8 Å². The number of pyridine rings is 1. The lowest BCUT2D eigenvalue weighted by atomic mass is 10.3. The first kappa shape index (κ1) is 11.2. The monoisotopic (exact) mass is 273 g/mol. The summed E-state index contributed by atoms with van der Waals surface area (Å²) < 4.78 is 51.2. The first-order valence-corrected chi connectivity index (χ1v) is 4.51. The summed E-state index contributed by atoms with van der Waals surface area (Å²) in [5.74, 6) is -1.79. The van der Waals surface area contributed by atoms with Gasteiger partial charge in [0, 0.05) is 17.0 Å². The Balaban J connectivity index is 2.87. The van der Waals surface area contributed by atoms with Crippen molar-refractivity contribution in [3.63, 3.8) is 0 Å². The van der Waals surface area contributed by atoms with Crippen molar-refractivity contribution in [2.24, 2.45) is 0 Å². The van der Waals surface area contributed by atoms with Crippen molar-refractivity contribution in [2.75, 3.05) is 0 Å². The summed E-state index contributed by atoms with van der Waals surface area (Å²) >= 11 is 2.95. The normalized spacial score (nSPS) is 11.5. The summed E-state index contributed by atoms with van der Waals surface area (Å²) in [6, 6.07) is 2.12. The predicted molar refractivity (Wildman–Crippen MR) is 43.5 cm³/mol. The highest BCUT2D eigenvalue weighted by Gasteiger charge is 2.32. The van der Waals surface area contributed by atoms with E-state index in [2.05, 4.69) is 25.7 Å². The Morgan fingerprint density at radius 1 is 1.36 bits per heavy atom. The number of halogens is 5. The lowest BCUT2D eigenvalue weighted by Crippen LogP contribution is -2.18. The van der Waals surface area contributed by atoms with Gasteiger partial charge in [-0.1, -0.05) is 15.9 Å². The van der Waals surface area contributed by atoms with E-state index in [1.54, 1.807) is 0 Å². The molecular formula is C7H4BrF4NO. The van der Waals surface area contributed by atoms with Gasteiger partial charge >= 0.3 is 6.36 Å². The van der Waals surface area contributed by atoms with Crippen LogP contribution in [0.1, 0.15) is 5.56 Å². The number of alkyl halides is 4. The van der Waals surface area contributed by atoms with Crippen molar-refractivity contribution in [1.29, 1.82) is 0 Å². The molecule has 0 aliphatic rings. The van der Waals surface area contributed by atoms with Crippen LogP contribution in [0.4, 0.5) is 17.6 Å². The van der Waals surface area contributed by atoms with Crippen LogP contribution in [0.15, 0.2) is 12.1 Å². The zero-order chi connectivity index (χ0) is 10.8. The van der Waals surface area contributed by atoms with Gasteiger partial charge < -0.3 is 4.74 Å². The van der Waals surface area contributed by atoms with Gasteiger partial charge in [-0.3, -0.25) is 0 Å². The zero-order valence-corrected chi connectivity index (χ0v) is 8.19. The van der Waals surface area contributed by atoms with Crippen molar-refractivity contribution in [1.82, 2.24) is 4.98 Å². The first-order chi connectivity index (χ1) is 6.42. The Kier molecular flexibility index (Phi) is 3.30. The number of hydrogen-bond donors (Lipinski definition) is 0. The molecule has 0 spiro atoms. The molecule has 0 amide bonds. The Labute approximate surface area is 85.0 Å². The van der Waals surface area contributed by atoms with Gasteiger partial charge in [-0.05, 0) is 6.07 Å². The van der Waals surface area contributed by atoms with Crippen LogP contribution in [0, 0.1) is 5.95 Å². The maximum atomic E-state index is 12.8. The molecule has 0 fully saturated rings. The molecule has 0 radical (unpaired) electrons. The van der Waals surface area contributed by atoms with Gasteiger partial charge in [-0.25, -0.2) is 0 Å². The fourth-order valence-corrected chi connectivity index (χ4v) is 1.14. The molecule has 0 saturated heterocycles. The highest BCUT2D eigenvalue weighted by molar-refractivity contribution is 9.08. The molecule has 0 saturated carbocycles. The van der Waals surface area contributed by atoms with E-state index in [4.69, 9.17) is 0 Å². The summed E-state index contributed by atoms with van der Waals surface area (Å²) in [5, 5.41) is 0.179. The Morgan fingerprint density at radius 2 is 2.00 bits per heavy atom. The molecule has 1 aromatic heterocycles. The number of ether oxygens (including phenoxy) is 1. The second-order valence-electron chi connectivity index (χ2n) is 2.28. The molecule has 1 aromatic rings. The molecule has 0 atom stereocenters. The van der Waals surface area contributed by atoms with Crippen LogP contribution >= 0.6 is 15.9 Å². The van der Waals surface area contributed by atoms with Crippen molar-refractivity contribution in [2.45, 2.75) is 11.7 Å². The Bertz CT molecular complexity index is 328. The van der Waals surface area contributed by atoms with Crippen molar-refractivity contribution < 1.29 is 22.3 Å². The van der Waals surface area contributed by atoms with E-state index in [-0.39, 0.29) is 10.9 Å². The molecule has 1 rings (SSSR count). The van der Waals surface area contributed by atoms with Crippen LogP contribution in [0.5, 0.6) is 5.88 Å². The third-order valence-electron chi connectivity index (χ3n) is 1.26. The maximum absolute atomic E-state index is 12.8. The van der Waals surface area contributed by atoms with Crippen LogP contribution in [0.25, 0.3) is 0 Å². The van der Waals surface area contributed by atoms with Crippen LogP contribution in [0.2, 0.25) is 0 Å². The van der Waals surface area contributed by atoms with Crippen molar-refractivity contribution in [3.8, 4) is 5.88 Å². The van der Waals surface area contributed by atoms with Crippen LogP contribution in [-0.4, -0.2) is 11.3 Å². The van der Waals surface area contributed by atoms with E-state index in [1.807, 2.05) is 0 Å². The number of rotatable bonds is 2. The standard InChI is InChI=1S/C7H4BrF4NO/c8-3-4-1-2-5(13-6(4)9)14-7(10,11)12/h1-2H,3H2. The lowest BCUT2D eigenvalue weighted by Gasteiger charge is -2.07. The highest BCUT2D eigenvalue weighted by Crippen LogP contribution is 2.22. The van der Waals surface area contributed by atoms with E-state index in [1.165, 1.54) is 0 Å². The molecule has 0 N–H and O–H groups in total. The van der Waals surface area contributed by atoms with Crippen LogP contribution in [-0.2, 0) is 5.33 Å². The molecule has 0 aliphatic heterocycles. The van der Waals surface area contributed by atoms with E-state index in [9.17, 15) is 17.6 Å². The van der Waals surface area contributed by atoms with Crippen LogP contribution < -0.4 is 4.74 Å². The summed E-state index contributed by atoms with van der Waals surface area (Å²) in [6.45, 7) is 0. The molecular weight excluding hydrogens is 270 g/mol. The van der Waals surface area contributed by atoms with Gasteiger partial charge in [0.25, 0.3) is 0 Å². The molecule has 0 aromatic carbocycles. The van der Waals surface area contributed by atoms with Gasteiger partial charge in [-0.15, -0.1) is 13.2 Å². The van der Waals surface area contributed by atoms with Crippen molar-refractivity contribution in [3.05, 3.63) is 23.6 Å². The minimum Gasteiger partial charge on any atom is -0.388 e. The van der Waals surface area contributed by atoms with Crippen molar-refractivity contribution >= 4 is 15.9 Å². The van der Waals surface area contributed by atoms with E-state index < -0.39 is 18.2 Å². The Morgan fingerprint density at radius 3 is 2.43 bits per heavy atom. The lowest BCUT2D eigenvalue weighted by molar-refractivity contribution is -0.276. The smallest absolute Gasteiger partial charge is 0.388 e. The topological polar surface area (TPSA) is 22.1 Å². The summed E-state index contributed by atoms with van der Waals surface area (Å²) in [7, 11) is 0. The molecule has 0 bridgehead atoms. The molecule has 0 aliphatic carbocycles. The quantitative estimate of drug-likeness (QED) is 0.470. The average molecular weight is 274 g/mol. The molecule has 2 nitrogen and oxygen atoms in total. The number of nitrogens with zero attached hydrogens (tertiary/aromatic N) is 1. The molecule has 0 unspecified atom stereocenters. The van der Waals surface area contributed by atoms with E-state index in [0.29, 0.717) is 0 Å². The Hall–Kier alpha value is -0.850. The zero-order valence-electron chi connectivity index (χ0n) is 6.61. The fourth-order valence-electron chi connectivity index (χ4n) is 0.722. The van der Waals surface area contributed by atoms with Gasteiger partial charge in [0.1, 0.15) is 0 Å². The number of aromatic nitrogens is 1. The first-order valence-electron chi connectivity index (χ1n) is 3.39. The maximum Gasteiger partial charge on any atom is 0.574 e. The average Bonchev–Trinajstić information content (AvgIpc) is 2.01. The second kappa shape index (κ2) is 4.12. The summed E-state index contributed by atoms with van der Waals surface area (Å²) in [6.07, 6.45) is -4.85.